The van der Waals surface area contributed by atoms with Crippen LogP contribution in [0, 0.1) is 6.92 Å². The van der Waals surface area contributed by atoms with Crippen LogP contribution in [0.15, 0.2) is 68.4 Å². The molecule has 5 heteroatoms. The lowest BCUT2D eigenvalue weighted by Gasteiger charge is -2.07. The number of aryl methyl sites for hydroxylation is 1. The third-order valence-electron chi connectivity index (χ3n) is 3.90. The summed E-state index contributed by atoms with van der Waals surface area (Å²) in [7, 11) is 0. The van der Waals surface area contributed by atoms with Crippen molar-refractivity contribution in [3.8, 4) is 0 Å². The highest BCUT2D eigenvalue weighted by Crippen LogP contribution is 2.24. The minimum atomic E-state index is -0.362. The van der Waals surface area contributed by atoms with E-state index in [4.69, 9.17) is 8.83 Å². The second-order valence-corrected chi connectivity index (χ2v) is 5.53. The number of amides is 1. The first-order valence-corrected chi connectivity index (χ1v) is 7.44. The quantitative estimate of drug-likeness (QED) is 0.565. The second kappa shape index (κ2) is 5.38. The molecule has 0 bridgehead atoms. The molecule has 0 aliphatic rings. The fraction of sp³-hybridized carbons (Fsp3) is 0.0526. The summed E-state index contributed by atoms with van der Waals surface area (Å²) in [6.45, 7) is 1.89. The minimum absolute atomic E-state index is 0.0844. The Hall–Kier alpha value is -3.34. The summed E-state index contributed by atoms with van der Waals surface area (Å²) in [4.78, 5) is 24.6. The van der Waals surface area contributed by atoms with E-state index in [-0.39, 0.29) is 17.1 Å². The Balaban J connectivity index is 1.83. The monoisotopic (exact) mass is 319 g/mol. The van der Waals surface area contributed by atoms with Gasteiger partial charge in [0.2, 0.25) is 5.43 Å². The van der Waals surface area contributed by atoms with Crippen LogP contribution in [0.3, 0.4) is 0 Å². The molecule has 2 heterocycles. The molecule has 24 heavy (non-hydrogen) atoms. The number of carbonyl (C=O) groups is 1. The zero-order valence-electron chi connectivity index (χ0n) is 12.8. The number of nitrogens with one attached hydrogen (secondary N) is 1. The molecular formula is C19H13NO4. The molecule has 0 spiro atoms. The van der Waals surface area contributed by atoms with Crippen molar-refractivity contribution in [1.29, 1.82) is 0 Å². The lowest BCUT2D eigenvalue weighted by atomic mass is 10.1. The summed E-state index contributed by atoms with van der Waals surface area (Å²) >= 11 is 0. The maximum Gasteiger partial charge on any atom is 0.291 e. The lowest BCUT2D eigenvalue weighted by Crippen LogP contribution is -2.11. The summed E-state index contributed by atoms with van der Waals surface area (Å²) in [6, 6.07) is 13.7. The third-order valence-corrected chi connectivity index (χ3v) is 3.90. The van der Waals surface area contributed by atoms with Crippen molar-refractivity contribution in [1.82, 2.24) is 0 Å². The molecule has 1 amide bonds. The van der Waals surface area contributed by atoms with Gasteiger partial charge in [-0.05, 0) is 42.8 Å². The standard InChI is InChI=1S/C19H13NO4/c1-11-4-2-5-14-17(21)13-8-7-12(10-16(13)24-18(11)14)20-19(22)15-6-3-9-23-15/h2-10H,1H3,(H,20,22). The van der Waals surface area contributed by atoms with Crippen molar-refractivity contribution in [2.45, 2.75) is 6.92 Å². The minimum Gasteiger partial charge on any atom is -0.459 e. The molecule has 0 fully saturated rings. The molecule has 2 aromatic carbocycles. The Morgan fingerprint density at radius 1 is 1.04 bits per heavy atom. The Labute approximate surface area is 136 Å². The highest BCUT2D eigenvalue weighted by molar-refractivity contribution is 6.03. The number of hydrogen-bond donors (Lipinski definition) is 1. The molecule has 4 aromatic rings. The van der Waals surface area contributed by atoms with Crippen molar-refractivity contribution in [3.63, 3.8) is 0 Å². The predicted octanol–water partition coefficient (Wildman–Crippen LogP) is 4.10. The summed E-state index contributed by atoms with van der Waals surface area (Å²) in [5.41, 5.74) is 2.32. The Morgan fingerprint density at radius 3 is 2.71 bits per heavy atom. The first-order valence-electron chi connectivity index (χ1n) is 7.44. The number of anilines is 1. The van der Waals surface area contributed by atoms with Gasteiger partial charge in [0.15, 0.2) is 5.76 Å². The van der Waals surface area contributed by atoms with Gasteiger partial charge in [0.25, 0.3) is 5.91 Å². The highest BCUT2D eigenvalue weighted by atomic mass is 16.3. The van der Waals surface area contributed by atoms with E-state index in [1.165, 1.54) is 6.26 Å². The van der Waals surface area contributed by atoms with Crippen LogP contribution < -0.4 is 10.7 Å². The molecule has 118 valence electrons. The van der Waals surface area contributed by atoms with Crippen LogP contribution in [0.1, 0.15) is 16.1 Å². The maximum absolute atomic E-state index is 12.6. The van der Waals surface area contributed by atoms with Gasteiger partial charge in [0.1, 0.15) is 11.2 Å². The SMILES string of the molecule is Cc1cccc2c(=O)c3ccc(NC(=O)c4ccco4)cc3oc12. The molecule has 0 saturated heterocycles. The molecule has 2 aromatic heterocycles. The molecule has 5 nitrogen and oxygen atoms in total. The predicted molar refractivity (Wildman–Crippen MR) is 91.4 cm³/mol. The number of carbonyl (C=O) groups excluding carboxylic acids is 1. The lowest BCUT2D eigenvalue weighted by molar-refractivity contribution is 0.0996. The number of para-hydroxylation sites is 1. The molecule has 0 saturated carbocycles. The highest BCUT2D eigenvalue weighted by Gasteiger charge is 2.12. The van der Waals surface area contributed by atoms with E-state index < -0.39 is 0 Å². The Bertz CT molecular complexity index is 1120. The van der Waals surface area contributed by atoms with Crippen molar-refractivity contribution < 1.29 is 13.6 Å². The van der Waals surface area contributed by atoms with Gasteiger partial charge in [-0.25, -0.2) is 0 Å². The smallest absolute Gasteiger partial charge is 0.291 e. The fourth-order valence-electron chi connectivity index (χ4n) is 2.69. The number of hydrogen-bond acceptors (Lipinski definition) is 4. The van der Waals surface area contributed by atoms with E-state index in [0.717, 1.165) is 5.56 Å². The Morgan fingerprint density at radius 2 is 1.92 bits per heavy atom. The number of benzene rings is 2. The molecule has 4 rings (SSSR count). The van der Waals surface area contributed by atoms with Gasteiger partial charge in [-0.2, -0.15) is 0 Å². The van der Waals surface area contributed by atoms with E-state index in [1.807, 2.05) is 19.1 Å². The molecule has 0 unspecified atom stereocenters. The van der Waals surface area contributed by atoms with Gasteiger partial charge in [0, 0.05) is 11.8 Å². The number of fused-ring (bicyclic) bond motifs is 2. The topological polar surface area (TPSA) is 72.5 Å². The van der Waals surface area contributed by atoms with Crippen molar-refractivity contribution in [3.05, 3.63) is 76.3 Å². The van der Waals surface area contributed by atoms with Crippen LogP contribution in [-0.2, 0) is 0 Å². The average molecular weight is 319 g/mol. The molecule has 0 aliphatic heterocycles. The summed E-state index contributed by atoms with van der Waals surface area (Å²) in [5.74, 6) is -0.149. The fourth-order valence-corrected chi connectivity index (χ4v) is 2.69. The number of rotatable bonds is 2. The molecular weight excluding hydrogens is 306 g/mol. The maximum atomic E-state index is 12.6. The van der Waals surface area contributed by atoms with Crippen LogP contribution in [0.2, 0.25) is 0 Å². The largest absolute Gasteiger partial charge is 0.459 e. The van der Waals surface area contributed by atoms with Gasteiger partial charge in [-0.3, -0.25) is 9.59 Å². The normalized spacial score (nSPS) is 11.0. The first-order chi connectivity index (χ1) is 11.6. The molecule has 0 atom stereocenters. The van der Waals surface area contributed by atoms with E-state index in [1.54, 1.807) is 36.4 Å². The van der Waals surface area contributed by atoms with Crippen LogP contribution in [0.25, 0.3) is 21.9 Å². The zero-order chi connectivity index (χ0) is 16.7. The molecule has 1 N–H and O–H groups in total. The van der Waals surface area contributed by atoms with Crippen LogP contribution >= 0.6 is 0 Å². The van der Waals surface area contributed by atoms with Crippen molar-refractivity contribution >= 4 is 33.5 Å². The molecule has 0 radical (unpaired) electrons. The van der Waals surface area contributed by atoms with Crippen molar-refractivity contribution in [2.75, 3.05) is 5.32 Å². The third kappa shape index (κ3) is 2.27. The summed E-state index contributed by atoms with van der Waals surface area (Å²) < 4.78 is 11.0. The summed E-state index contributed by atoms with van der Waals surface area (Å²) in [6.07, 6.45) is 1.43. The van der Waals surface area contributed by atoms with Gasteiger partial charge < -0.3 is 14.2 Å². The van der Waals surface area contributed by atoms with Crippen LogP contribution in [-0.4, -0.2) is 5.91 Å². The van der Waals surface area contributed by atoms with E-state index in [9.17, 15) is 9.59 Å². The summed E-state index contributed by atoms with van der Waals surface area (Å²) in [5, 5.41) is 3.75. The van der Waals surface area contributed by atoms with Gasteiger partial charge in [-0.15, -0.1) is 0 Å². The van der Waals surface area contributed by atoms with E-state index >= 15 is 0 Å². The van der Waals surface area contributed by atoms with E-state index in [0.29, 0.717) is 27.6 Å². The Kier molecular flexibility index (Phi) is 3.20. The first kappa shape index (κ1) is 14.3. The van der Waals surface area contributed by atoms with Gasteiger partial charge >= 0.3 is 0 Å². The van der Waals surface area contributed by atoms with Gasteiger partial charge in [0.05, 0.1) is 17.0 Å². The van der Waals surface area contributed by atoms with E-state index in [2.05, 4.69) is 5.32 Å². The van der Waals surface area contributed by atoms with Gasteiger partial charge in [-0.1, -0.05) is 12.1 Å². The molecule has 0 aliphatic carbocycles. The second-order valence-electron chi connectivity index (χ2n) is 5.53. The zero-order valence-corrected chi connectivity index (χ0v) is 12.8. The van der Waals surface area contributed by atoms with Crippen molar-refractivity contribution in [2.24, 2.45) is 0 Å². The van der Waals surface area contributed by atoms with Crippen LogP contribution in [0.5, 0.6) is 0 Å². The van der Waals surface area contributed by atoms with Crippen LogP contribution in [0.4, 0.5) is 5.69 Å². The average Bonchev–Trinajstić information content (AvgIpc) is 3.11. The number of furan rings is 1.